The number of benzene rings is 2. The third-order valence-electron chi connectivity index (χ3n) is 7.04. The highest BCUT2D eigenvalue weighted by molar-refractivity contribution is 5.93. The van der Waals surface area contributed by atoms with E-state index in [2.05, 4.69) is 38.5 Å². The van der Waals surface area contributed by atoms with Crippen LogP contribution in [0.2, 0.25) is 0 Å². The number of ether oxygens (including phenoxy) is 1. The molecule has 0 spiro atoms. The Bertz CT molecular complexity index is 1350. The predicted octanol–water partition coefficient (Wildman–Crippen LogP) is 4.32. The number of hydrogen-bond donors (Lipinski definition) is 1. The van der Waals surface area contributed by atoms with Crippen LogP contribution < -0.4 is 10.2 Å². The summed E-state index contributed by atoms with van der Waals surface area (Å²) in [5.41, 5.74) is 6.94. The summed E-state index contributed by atoms with van der Waals surface area (Å²) in [7, 11) is 1.95. The molecule has 2 unspecified atom stereocenters. The molecule has 1 N–H and O–H groups in total. The Balaban J connectivity index is 1.52. The first-order valence-electron chi connectivity index (χ1n) is 11.8. The van der Waals surface area contributed by atoms with E-state index in [9.17, 15) is 4.39 Å². The lowest BCUT2D eigenvalue weighted by atomic mass is 9.93. The van der Waals surface area contributed by atoms with Gasteiger partial charge in [-0.2, -0.15) is 5.10 Å². The zero-order chi connectivity index (χ0) is 23.2. The Morgan fingerprint density at radius 2 is 1.91 bits per heavy atom. The minimum absolute atomic E-state index is 0.131. The number of aryl methyl sites for hydroxylation is 2. The molecule has 0 bridgehead atoms. The number of halogens is 1. The van der Waals surface area contributed by atoms with Gasteiger partial charge in [-0.05, 0) is 54.3 Å². The summed E-state index contributed by atoms with van der Waals surface area (Å²) in [5.74, 6) is -0.235. The topological polar surface area (TPSA) is 55.2 Å². The van der Waals surface area contributed by atoms with E-state index in [1.807, 2.05) is 43.3 Å². The fourth-order valence-corrected chi connectivity index (χ4v) is 5.42. The number of anilines is 1. The van der Waals surface area contributed by atoms with Crippen LogP contribution >= 0.6 is 0 Å². The van der Waals surface area contributed by atoms with Crippen molar-refractivity contribution in [1.82, 2.24) is 20.1 Å². The minimum atomic E-state index is -0.235. The first-order chi connectivity index (χ1) is 16.6. The van der Waals surface area contributed by atoms with Crippen LogP contribution in [0.1, 0.15) is 12.0 Å². The highest BCUT2D eigenvalue weighted by Gasteiger charge is 2.34. The molecule has 0 amide bonds. The van der Waals surface area contributed by atoms with E-state index in [0.717, 1.165) is 77.1 Å². The van der Waals surface area contributed by atoms with Gasteiger partial charge in [0.15, 0.2) is 0 Å². The third-order valence-corrected chi connectivity index (χ3v) is 7.04. The van der Waals surface area contributed by atoms with Gasteiger partial charge in [-0.3, -0.25) is 9.67 Å². The number of nitrogens with one attached hydrogen (secondary N) is 1. The monoisotopic (exact) mass is 457 g/mol. The summed E-state index contributed by atoms with van der Waals surface area (Å²) in [4.78, 5) is 7.00. The maximum absolute atomic E-state index is 14.4. The molecule has 174 valence electrons. The number of nitrogens with zero attached hydrogens (tertiary/aromatic N) is 4. The largest absolute Gasteiger partial charge is 0.373 e. The summed E-state index contributed by atoms with van der Waals surface area (Å²) in [6.45, 7) is 5.23. The van der Waals surface area contributed by atoms with Crippen LogP contribution in [0, 0.1) is 12.7 Å². The summed E-state index contributed by atoms with van der Waals surface area (Å²) in [5, 5.41) is 9.08. The van der Waals surface area contributed by atoms with Gasteiger partial charge in [-0.15, -0.1) is 0 Å². The van der Waals surface area contributed by atoms with E-state index in [4.69, 9.17) is 4.74 Å². The second kappa shape index (κ2) is 8.49. The van der Waals surface area contributed by atoms with Crippen molar-refractivity contribution < 1.29 is 9.13 Å². The van der Waals surface area contributed by atoms with Gasteiger partial charge in [0, 0.05) is 61.6 Å². The number of piperidine rings is 1. The quantitative estimate of drug-likeness (QED) is 0.497. The van der Waals surface area contributed by atoms with Gasteiger partial charge < -0.3 is 15.0 Å². The molecular weight excluding hydrogens is 429 g/mol. The van der Waals surface area contributed by atoms with E-state index >= 15 is 0 Å². The molecule has 4 aromatic rings. The molecule has 34 heavy (non-hydrogen) atoms. The van der Waals surface area contributed by atoms with Crippen molar-refractivity contribution >= 4 is 16.6 Å². The zero-order valence-corrected chi connectivity index (χ0v) is 19.5. The summed E-state index contributed by atoms with van der Waals surface area (Å²) >= 11 is 0. The number of pyridine rings is 1. The molecule has 2 aliphatic heterocycles. The fourth-order valence-electron chi connectivity index (χ4n) is 5.42. The molecule has 0 saturated carbocycles. The van der Waals surface area contributed by atoms with Gasteiger partial charge in [-0.25, -0.2) is 4.39 Å². The predicted molar refractivity (Wildman–Crippen MR) is 132 cm³/mol. The van der Waals surface area contributed by atoms with E-state index in [1.165, 1.54) is 0 Å². The SMILES string of the molecule is Cc1cc(F)cc(-c2cncc(-c3ccc4c(cnn4C)c3)c2N2CCC3NCCOC3C2)c1. The molecule has 2 aromatic heterocycles. The van der Waals surface area contributed by atoms with Gasteiger partial charge in [-0.1, -0.05) is 12.1 Å². The Morgan fingerprint density at radius 1 is 1.06 bits per heavy atom. The first kappa shape index (κ1) is 21.3. The molecule has 2 atom stereocenters. The molecule has 2 aliphatic rings. The van der Waals surface area contributed by atoms with Crippen LogP contribution in [-0.2, 0) is 11.8 Å². The van der Waals surface area contributed by atoms with Crippen molar-refractivity contribution in [2.75, 3.05) is 31.1 Å². The van der Waals surface area contributed by atoms with Crippen molar-refractivity contribution in [2.24, 2.45) is 7.05 Å². The van der Waals surface area contributed by atoms with Crippen molar-refractivity contribution in [3.63, 3.8) is 0 Å². The van der Waals surface area contributed by atoms with Crippen LogP contribution in [0.5, 0.6) is 0 Å². The Morgan fingerprint density at radius 3 is 2.76 bits per heavy atom. The van der Waals surface area contributed by atoms with Crippen LogP contribution in [-0.4, -0.2) is 53.2 Å². The second-order valence-corrected chi connectivity index (χ2v) is 9.35. The van der Waals surface area contributed by atoms with Gasteiger partial charge >= 0.3 is 0 Å². The lowest BCUT2D eigenvalue weighted by molar-refractivity contribution is -0.00899. The highest BCUT2D eigenvalue weighted by Crippen LogP contribution is 2.41. The fraction of sp³-hybridized carbons (Fsp3) is 0.333. The average molecular weight is 458 g/mol. The summed E-state index contributed by atoms with van der Waals surface area (Å²) < 4.78 is 22.4. The van der Waals surface area contributed by atoms with E-state index in [0.29, 0.717) is 6.04 Å². The van der Waals surface area contributed by atoms with Crippen molar-refractivity contribution in [3.8, 4) is 22.3 Å². The number of fused-ring (bicyclic) bond motifs is 2. The van der Waals surface area contributed by atoms with Gasteiger partial charge in [0.1, 0.15) is 5.82 Å². The molecule has 4 heterocycles. The van der Waals surface area contributed by atoms with Crippen LogP contribution in [0.4, 0.5) is 10.1 Å². The lowest BCUT2D eigenvalue weighted by Crippen LogP contribution is -2.57. The molecule has 2 aromatic carbocycles. The van der Waals surface area contributed by atoms with Crippen molar-refractivity contribution in [3.05, 3.63) is 66.4 Å². The Hall–Kier alpha value is -3.29. The van der Waals surface area contributed by atoms with Gasteiger partial charge in [0.2, 0.25) is 0 Å². The summed E-state index contributed by atoms with van der Waals surface area (Å²) in [6.07, 6.45) is 6.80. The zero-order valence-electron chi connectivity index (χ0n) is 19.5. The van der Waals surface area contributed by atoms with E-state index < -0.39 is 0 Å². The normalized spacial score (nSPS) is 20.5. The lowest BCUT2D eigenvalue weighted by Gasteiger charge is -2.43. The minimum Gasteiger partial charge on any atom is -0.373 e. The Kier molecular flexibility index (Phi) is 5.31. The number of hydrogen-bond acceptors (Lipinski definition) is 5. The average Bonchev–Trinajstić information content (AvgIpc) is 3.22. The number of rotatable bonds is 3. The van der Waals surface area contributed by atoms with Crippen LogP contribution in [0.25, 0.3) is 33.2 Å². The maximum atomic E-state index is 14.4. The van der Waals surface area contributed by atoms with E-state index in [-0.39, 0.29) is 11.9 Å². The Labute approximate surface area is 198 Å². The second-order valence-electron chi connectivity index (χ2n) is 9.35. The maximum Gasteiger partial charge on any atom is 0.124 e. The smallest absolute Gasteiger partial charge is 0.124 e. The van der Waals surface area contributed by atoms with Crippen LogP contribution in [0.15, 0.2) is 55.0 Å². The molecular formula is C27H28FN5O. The third kappa shape index (κ3) is 3.75. The molecule has 2 fully saturated rings. The van der Waals surface area contributed by atoms with E-state index in [1.54, 1.807) is 12.1 Å². The first-order valence-corrected chi connectivity index (χ1v) is 11.8. The van der Waals surface area contributed by atoms with Crippen molar-refractivity contribution in [2.45, 2.75) is 25.5 Å². The summed E-state index contributed by atoms with van der Waals surface area (Å²) in [6, 6.07) is 12.0. The number of morpholine rings is 1. The highest BCUT2D eigenvalue weighted by atomic mass is 19.1. The van der Waals surface area contributed by atoms with Gasteiger partial charge in [0.25, 0.3) is 0 Å². The molecule has 0 radical (unpaired) electrons. The standard InChI is InChI=1S/C27H28FN5O/c1-17-9-19(12-21(28)10-17)23-15-29-14-22(18-3-4-25-20(11-18)13-31-32(25)2)27(23)33-7-5-24-26(16-33)34-8-6-30-24/h3-4,9-15,24,26,30H,5-8,16H2,1-2H3. The number of aromatic nitrogens is 3. The molecule has 7 heteroatoms. The molecule has 6 nitrogen and oxygen atoms in total. The molecule has 6 rings (SSSR count). The molecule has 2 saturated heterocycles. The molecule has 0 aliphatic carbocycles. The van der Waals surface area contributed by atoms with Gasteiger partial charge in [0.05, 0.1) is 30.1 Å². The van der Waals surface area contributed by atoms with Crippen LogP contribution in [0.3, 0.4) is 0 Å². The van der Waals surface area contributed by atoms with Crippen molar-refractivity contribution in [1.29, 1.82) is 0 Å².